The van der Waals surface area contributed by atoms with Gasteiger partial charge >= 0.3 is 0 Å². The highest BCUT2D eigenvalue weighted by atomic mass is 28.4. The first-order valence-corrected chi connectivity index (χ1v) is 21.1. The average molecular weight is 744 g/mol. The molecule has 0 spiro atoms. The fourth-order valence-electron chi connectivity index (χ4n) is 8.77. The number of aliphatic hydroxyl groups is 2. The number of likely N-dealkylation sites (tertiary alicyclic amines) is 1. The molecule has 2 aliphatic rings. The Balaban J connectivity index is 1.43. The monoisotopic (exact) mass is 743 g/mol. The minimum atomic E-state index is -3.02. The van der Waals surface area contributed by atoms with E-state index in [9.17, 15) is 24.9 Å². The van der Waals surface area contributed by atoms with Crippen molar-refractivity contribution in [2.45, 2.75) is 64.5 Å². The van der Waals surface area contributed by atoms with Crippen LogP contribution in [0.1, 0.15) is 64.5 Å². The summed E-state index contributed by atoms with van der Waals surface area (Å²) in [5, 5.41) is 35.5. The lowest BCUT2D eigenvalue weighted by Crippen LogP contribution is -2.66. The molecular formula is C46H53NO6Si. The van der Waals surface area contributed by atoms with E-state index in [2.05, 4.69) is 45.0 Å². The van der Waals surface area contributed by atoms with Crippen LogP contribution in [0.5, 0.6) is 5.75 Å². The number of fused-ring (bicyclic) bond motifs is 1. The van der Waals surface area contributed by atoms with Gasteiger partial charge in [0.25, 0.3) is 8.32 Å². The van der Waals surface area contributed by atoms with E-state index in [1.165, 1.54) is 4.90 Å². The van der Waals surface area contributed by atoms with Crippen molar-refractivity contribution < 1.29 is 29.3 Å². The molecule has 7 nitrogen and oxygen atoms in total. The Kier molecular flexibility index (Phi) is 12.2. The van der Waals surface area contributed by atoms with Gasteiger partial charge in [0.05, 0.1) is 31.2 Å². The van der Waals surface area contributed by atoms with Crippen LogP contribution < -0.4 is 10.4 Å². The molecule has 54 heavy (non-hydrogen) atoms. The highest BCUT2D eigenvalue weighted by Crippen LogP contribution is 2.47. The van der Waals surface area contributed by atoms with Gasteiger partial charge in [-0.25, -0.2) is 0 Å². The second-order valence-electron chi connectivity index (χ2n) is 15.6. The average Bonchev–Trinajstić information content (AvgIpc) is 3.41. The van der Waals surface area contributed by atoms with Gasteiger partial charge in [-0.3, -0.25) is 14.5 Å². The van der Waals surface area contributed by atoms with Crippen molar-refractivity contribution in [1.29, 1.82) is 0 Å². The predicted octanol–water partition coefficient (Wildman–Crippen LogP) is 6.97. The molecule has 1 aliphatic heterocycles. The summed E-state index contributed by atoms with van der Waals surface area (Å²) in [6.45, 7) is 8.68. The molecule has 1 heterocycles. The van der Waals surface area contributed by atoms with Crippen LogP contribution in [0.15, 0.2) is 126 Å². The minimum Gasteiger partial charge on any atom is -0.508 e. The van der Waals surface area contributed by atoms with Crippen LogP contribution in [-0.4, -0.2) is 66.2 Å². The first kappa shape index (κ1) is 39.1. The number of allylic oxidation sites excluding steroid dienone is 1. The predicted molar refractivity (Wildman–Crippen MR) is 217 cm³/mol. The third-order valence-electron chi connectivity index (χ3n) is 11.2. The molecule has 2 amide bonds. The molecule has 0 saturated carbocycles. The van der Waals surface area contributed by atoms with E-state index in [1.807, 2.05) is 85.8 Å². The lowest BCUT2D eigenvalue weighted by Gasteiger charge is -2.44. The lowest BCUT2D eigenvalue weighted by molar-refractivity contribution is -0.140. The zero-order valence-electron chi connectivity index (χ0n) is 31.8. The van der Waals surface area contributed by atoms with Gasteiger partial charge in [0.15, 0.2) is 0 Å². The number of carbonyl (C=O) groups excluding carboxylic acids is 2. The zero-order valence-corrected chi connectivity index (χ0v) is 32.8. The number of phenolic OH excluding ortho intramolecular Hbond substituents is 1. The summed E-state index contributed by atoms with van der Waals surface area (Å²) < 4.78 is 7.39. The van der Waals surface area contributed by atoms with E-state index in [0.717, 1.165) is 32.6 Å². The first-order valence-electron chi connectivity index (χ1n) is 19.2. The Morgan fingerprint density at radius 3 is 2.06 bits per heavy atom. The Morgan fingerprint density at radius 2 is 1.50 bits per heavy atom. The number of carbonyl (C=O) groups is 2. The number of amides is 2. The number of benzene rings is 4. The van der Waals surface area contributed by atoms with E-state index in [0.29, 0.717) is 31.4 Å². The molecule has 0 radical (unpaired) electrons. The van der Waals surface area contributed by atoms with Crippen molar-refractivity contribution in [2.24, 2.45) is 17.8 Å². The standard InChI is InChI=1S/C46H53NO6Si/c1-5-26-47-44(51)39-29-35(31-53-54(46(2,3)4,37-20-11-7-12-21-37)38-22-13-8-14-23-38)42(40(30-48)43(39)45(47)52)41(50)25-24-34(33-17-9-6-10-18-33)27-32-16-15-19-36(49)28-32/h6-23,27-28,39-41,43,48-50H,5,24-26,29-31H2,1-4H3/b34-27-/t39-,40+,41-,43-/m1/s1. The maximum absolute atomic E-state index is 13.9. The topological polar surface area (TPSA) is 107 Å². The van der Waals surface area contributed by atoms with Crippen molar-refractivity contribution in [2.75, 3.05) is 19.8 Å². The quantitative estimate of drug-likeness (QED) is 0.0558. The van der Waals surface area contributed by atoms with Crippen molar-refractivity contribution in [3.63, 3.8) is 0 Å². The van der Waals surface area contributed by atoms with Crippen LogP contribution in [0.2, 0.25) is 5.04 Å². The van der Waals surface area contributed by atoms with Crippen molar-refractivity contribution in [3.05, 3.63) is 138 Å². The molecule has 4 aromatic rings. The number of aliphatic hydroxyl groups excluding tert-OH is 2. The third kappa shape index (κ3) is 7.80. The van der Waals surface area contributed by atoms with Gasteiger partial charge in [-0.2, -0.15) is 0 Å². The maximum Gasteiger partial charge on any atom is 0.261 e. The summed E-state index contributed by atoms with van der Waals surface area (Å²) in [5.74, 6) is -2.40. The molecule has 3 N–H and O–H groups in total. The van der Waals surface area contributed by atoms with E-state index < -0.39 is 32.2 Å². The Bertz CT molecular complexity index is 1930. The Morgan fingerprint density at radius 1 is 0.889 bits per heavy atom. The highest BCUT2D eigenvalue weighted by molar-refractivity contribution is 6.99. The van der Waals surface area contributed by atoms with Crippen LogP contribution in [0.3, 0.4) is 0 Å². The second kappa shape index (κ2) is 16.8. The summed E-state index contributed by atoms with van der Waals surface area (Å²) in [6, 6.07) is 37.7. The van der Waals surface area contributed by atoms with Crippen LogP contribution in [0.25, 0.3) is 11.6 Å². The van der Waals surface area contributed by atoms with E-state index >= 15 is 0 Å². The zero-order chi connectivity index (χ0) is 38.5. The minimum absolute atomic E-state index is 0.152. The number of imide groups is 1. The molecule has 4 aromatic carbocycles. The molecule has 0 bridgehead atoms. The molecule has 1 fully saturated rings. The van der Waals surface area contributed by atoms with Gasteiger partial charge in [0.1, 0.15) is 5.75 Å². The maximum atomic E-state index is 13.9. The van der Waals surface area contributed by atoms with Crippen LogP contribution in [0.4, 0.5) is 0 Å². The lowest BCUT2D eigenvalue weighted by atomic mass is 9.68. The molecule has 0 aromatic heterocycles. The van der Waals surface area contributed by atoms with E-state index in [1.54, 1.807) is 18.2 Å². The van der Waals surface area contributed by atoms with Gasteiger partial charge in [-0.15, -0.1) is 0 Å². The molecule has 6 rings (SSSR count). The number of hydrogen-bond donors (Lipinski definition) is 3. The van der Waals surface area contributed by atoms with E-state index in [4.69, 9.17) is 4.43 Å². The summed E-state index contributed by atoms with van der Waals surface area (Å²) >= 11 is 0. The summed E-state index contributed by atoms with van der Waals surface area (Å²) in [5.41, 5.74) is 4.20. The Hall–Kier alpha value is -4.60. The van der Waals surface area contributed by atoms with Crippen molar-refractivity contribution in [3.8, 4) is 5.75 Å². The number of hydrogen-bond acceptors (Lipinski definition) is 6. The first-order chi connectivity index (χ1) is 26.0. The smallest absolute Gasteiger partial charge is 0.261 e. The largest absolute Gasteiger partial charge is 0.508 e. The van der Waals surface area contributed by atoms with Gasteiger partial charge < -0.3 is 19.7 Å². The summed E-state index contributed by atoms with van der Waals surface area (Å²) in [6.07, 6.45) is 2.72. The van der Waals surface area contributed by atoms with Crippen LogP contribution in [-0.2, 0) is 14.0 Å². The second-order valence-corrected chi connectivity index (χ2v) is 20.0. The number of nitrogens with zero attached hydrogens (tertiary/aromatic N) is 1. The molecule has 282 valence electrons. The summed E-state index contributed by atoms with van der Waals surface area (Å²) in [4.78, 5) is 29.2. The number of phenols is 1. The van der Waals surface area contributed by atoms with Gasteiger partial charge in [0.2, 0.25) is 11.8 Å². The fourth-order valence-corrected chi connectivity index (χ4v) is 13.3. The normalized spacial score (nSPS) is 20.0. The van der Waals surface area contributed by atoms with Crippen LogP contribution >= 0.6 is 0 Å². The highest BCUT2D eigenvalue weighted by Gasteiger charge is 2.56. The number of rotatable bonds is 14. The van der Waals surface area contributed by atoms with Gasteiger partial charge in [-0.1, -0.05) is 137 Å². The fraction of sp³-hybridized carbons (Fsp3) is 0.348. The SMILES string of the molecule is CCCN1C(=O)[C@@H]2[C@@H](CC(CO[Si](c3ccccc3)(c3ccccc3)C(C)(C)C)=C([C@H](O)CC/C(=C/c3cccc(O)c3)c3ccccc3)[C@@H]2CO)C1=O. The third-order valence-corrected chi connectivity index (χ3v) is 16.2. The summed E-state index contributed by atoms with van der Waals surface area (Å²) in [7, 11) is -3.02. The molecule has 0 unspecified atom stereocenters. The van der Waals surface area contributed by atoms with Crippen molar-refractivity contribution >= 4 is 42.2 Å². The van der Waals surface area contributed by atoms with Gasteiger partial charge in [0, 0.05) is 12.5 Å². The molecule has 1 aliphatic carbocycles. The molecule has 8 heteroatoms. The Labute approximate surface area is 320 Å². The molecule has 1 saturated heterocycles. The van der Waals surface area contributed by atoms with Crippen molar-refractivity contribution in [1.82, 2.24) is 4.90 Å². The number of aromatic hydroxyl groups is 1. The molecular weight excluding hydrogens is 691 g/mol. The molecule has 4 atom stereocenters. The van der Waals surface area contributed by atoms with E-state index in [-0.39, 0.29) is 42.2 Å². The van der Waals surface area contributed by atoms with Crippen LogP contribution in [0, 0.1) is 17.8 Å². The van der Waals surface area contributed by atoms with Gasteiger partial charge in [-0.05, 0) is 81.1 Å².